The van der Waals surface area contributed by atoms with E-state index < -0.39 is 0 Å². The quantitative estimate of drug-likeness (QED) is 0.795. The molecule has 4 rings (SSSR count). The van der Waals surface area contributed by atoms with Crippen molar-refractivity contribution in [3.63, 3.8) is 0 Å². The first-order chi connectivity index (χ1) is 11.3. The minimum Gasteiger partial charge on any atom is -0.393 e. The topological polar surface area (TPSA) is 54.4 Å². The SMILES string of the molecule is CC(=O)[C@@H]1CC[C@H]2[C@@H]3CC[C@@H]4CC(=O)CC[C@]4(C)[C@@H]3[C@@H](O)C[C@]12C. The Morgan fingerprint density at radius 2 is 1.88 bits per heavy atom. The number of carbonyl (C=O) groups excluding carboxylic acids is 2. The predicted octanol–water partition coefficient (Wildman–Crippen LogP) is 3.77. The molecule has 3 nitrogen and oxygen atoms in total. The molecule has 0 amide bonds. The number of carbonyl (C=O) groups is 2. The van der Waals surface area contributed by atoms with E-state index in [0.717, 1.165) is 44.9 Å². The molecule has 4 fully saturated rings. The normalized spacial score (nSPS) is 53.9. The van der Waals surface area contributed by atoms with Crippen LogP contribution < -0.4 is 0 Å². The van der Waals surface area contributed by atoms with Crippen molar-refractivity contribution in [2.24, 2.45) is 40.4 Å². The Labute approximate surface area is 145 Å². The first kappa shape index (κ1) is 16.8. The summed E-state index contributed by atoms with van der Waals surface area (Å²) in [4.78, 5) is 24.1. The molecular weight excluding hydrogens is 300 g/mol. The van der Waals surface area contributed by atoms with Crippen molar-refractivity contribution in [1.29, 1.82) is 0 Å². The molecule has 0 aromatic rings. The van der Waals surface area contributed by atoms with Crippen molar-refractivity contribution < 1.29 is 14.7 Å². The van der Waals surface area contributed by atoms with Crippen LogP contribution in [-0.2, 0) is 9.59 Å². The minimum absolute atomic E-state index is 0.0138. The van der Waals surface area contributed by atoms with Crippen LogP contribution in [0.3, 0.4) is 0 Å². The van der Waals surface area contributed by atoms with E-state index in [4.69, 9.17) is 0 Å². The van der Waals surface area contributed by atoms with Crippen LogP contribution >= 0.6 is 0 Å². The van der Waals surface area contributed by atoms with Gasteiger partial charge in [-0.25, -0.2) is 0 Å². The maximum absolute atomic E-state index is 12.2. The van der Waals surface area contributed by atoms with E-state index >= 15 is 0 Å². The Morgan fingerprint density at radius 1 is 1.12 bits per heavy atom. The summed E-state index contributed by atoms with van der Waals surface area (Å²) in [6.07, 6.45) is 7.27. The van der Waals surface area contributed by atoms with Gasteiger partial charge in [-0.05, 0) is 80.0 Å². The molecule has 0 radical (unpaired) electrons. The summed E-state index contributed by atoms with van der Waals surface area (Å²) in [5.74, 6) is 2.78. The highest BCUT2D eigenvalue weighted by Gasteiger charge is 2.63. The second-order valence-electron chi connectivity index (χ2n) is 9.84. The molecular formula is C21H32O3. The Hall–Kier alpha value is -0.700. The van der Waals surface area contributed by atoms with Crippen LogP contribution in [-0.4, -0.2) is 22.8 Å². The van der Waals surface area contributed by atoms with E-state index in [1.54, 1.807) is 6.92 Å². The first-order valence-electron chi connectivity index (χ1n) is 9.97. The molecule has 0 spiro atoms. The van der Waals surface area contributed by atoms with Gasteiger partial charge in [0.1, 0.15) is 11.6 Å². The fourth-order valence-corrected chi connectivity index (χ4v) is 7.84. The molecule has 8 atom stereocenters. The summed E-state index contributed by atoms with van der Waals surface area (Å²) in [6.45, 7) is 6.36. The van der Waals surface area contributed by atoms with Gasteiger partial charge in [0.05, 0.1) is 6.10 Å². The van der Waals surface area contributed by atoms with E-state index in [9.17, 15) is 14.7 Å². The van der Waals surface area contributed by atoms with Gasteiger partial charge in [-0.3, -0.25) is 9.59 Å². The zero-order chi connectivity index (χ0) is 17.3. The second kappa shape index (κ2) is 5.40. The van der Waals surface area contributed by atoms with Gasteiger partial charge in [0, 0.05) is 18.8 Å². The van der Waals surface area contributed by atoms with Gasteiger partial charge in [0.25, 0.3) is 0 Å². The van der Waals surface area contributed by atoms with Crippen LogP contribution in [0.25, 0.3) is 0 Å². The molecule has 1 N–H and O–H groups in total. The smallest absolute Gasteiger partial charge is 0.133 e. The minimum atomic E-state index is -0.308. The molecule has 0 heterocycles. The third-order valence-corrected chi connectivity index (χ3v) is 8.90. The average molecular weight is 332 g/mol. The van der Waals surface area contributed by atoms with Gasteiger partial charge in [-0.15, -0.1) is 0 Å². The second-order valence-corrected chi connectivity index (χ2v) is 9.84. The van der Waals surface area contributed by atoms with E-state index in [0.29, 0.717) is 41.7 Å². The fraction of sp³-hybridized carbons (Fsp3) is 0.905. The third kappa shape index (κ3) is 2.12. The molecule has 4 saturated carbocycles. The lowest BCUT2D eigenvalue weighted by atomic mass is 9.44. The molecule has 4 aliphatic carbocycles. The Kier molecular flexibility index (Phi) is 3.77. The summed E-state index contributed by atoms with van der Waals surface area (Å²) >= 11 is 0. The molecule has 0 bridgehead atoms. The summed E-state index contributed by atoms with van der Waals surface area (Å²) < 4.78 is 0. The van der Waals surface area contributed by atoms with E-state index in [1.165, 1.54) is 0 Å². The molecule has 24 heavy (non-hydrogen) atoms. The van der Waals surface area contributed by atoms with Crippen LogP contribution in [0.5, 0.6) is 0 Å². The number of aliphatic hydroxyl groups is 1. The Morgan fingerprint density at radius 3 is 2.58 bits per heavy atom. The number of fused-ring (bicyclic) bond motifs is 5. The Balaban J connectivity index is 1.68. The number of hydrogen-bond donors (Lipinski definition) is 1. The van der Waals surface area contributed by atoms with Crippen molar-refractivity contribution in [3.8, 4) is 0 Å². The zero-order valence-electron chi connectivity index (χ0n) is 15.4. The number of aliphatic hydroxyl groups excluding tert-OH is 1. The Bertz CT molecular complexity index is 569. The van der Waals surface area contributed by atoms with Gasteiger partial charge >= 0.3 is 0 Å². The lowest BCUT2D eigenvalue weighted by Gasteiger charge is -2.61. The highest BCUT2D eigenvalue weighted by atomic mass is 16.3. The van der Waals surface area contributed by atoms with Gasteiger partial charge in [0.15, 0.2) is 0 Å². The predicted molar refractivity (Wildman–Crippen MR) is 92.3 cm³/mol. The van der Waals surface area contributed by atoms with Crippen molar-refractivity contribution in [2.75, 3.05) is 0 Å². The van der Waals surface area contributed by atoms with E-state index in [-0.39, 0.29) is 22.9 Å². The molecule has 134 valence electrons. The number of Topliss-reactive ketones (excluding diaryl/α,β-unsaturated/α-hetero) is 2. The molecule has 3 heteroatoms. The largest absolute Gasteiger partial charge is 0.393 e. The van der Waals surface area contributed by atoms with Crippen LogP contribution in [0.4, 0.5) is 0 Å². The van der Waals surface area contributed by atoms with Crippen LogP contribution in [0, 0.1) is 40.4 Å². The molecule has 0 saturated heterocycles. The van der Waals surface area contributed by atoms with E-state index in [1.807, 2.05) is 0 Å². The maximum Gasteiger partial charge on any atom is 0.133 e. The zero-order valence-corrected chi connectivity index (χ0v) is 15.4. The van der Waals surface area contributed by atoms with E-state index in [2.05, 4.69) is 13.8 Å². The number of ketones is 2. The van der Waals surface area contributed by atoms with Crippen LogP contribution in [0.2, 0.25) is 0 Å². The van der Waals surface area contributed by atoms with Crippen molar-refractivity contribution in [1.82, 2.24) is 0 Å². The summed E-state index contributed by atoms with van der Waals surface area (Å²) in [5, 5.41) is 11.2. The highest BCUT2D eigenvalue weighted by Crippen LogP contribution is 2.67. The van der Waals surface area contributed by atoms with Gasteiger partial charge in [-0.1, -0.05) is 13.8 Å². The lowest BCUT2D eigenvalue weighted by Crippen LogP contribution is -2.59. The first-order valence-corrected chi connectivity index (χ1v) is 9.97. The van der Waals surface area contributed by atoms with Crippen molar-refractivity contribution in [3.05, 3.63) is 0 Å². The molecule has 0 aromatic heterocycles. The fourth-order valence-electron chi connectivity index (χ4n) is 7.84. The number of rotatable bonds is 1. The lowest BCUT2D eigenvalue weighted by molar-refractivity contribution is -0.173. The van der Waals surface area contributed by atoms with Gasteiger partial charge in [-0.2, -0.15) is 0 Å². The molecule has 0 aromatic carbocycles. The molecule has 0 aliphatic heterocycles. The van der Waals surface area contributed by atoms with Crippen molar-refractivity contribution in [2.45, 2.75) is 78.2 Å². The van der Waals surface area contributed by atoms with Gasteiger partial charge in [0.2, 0.25) is 0 Å². The number of hydrogen-bond acceptors (Lipinski definition) is 3. The summed E-state index contributed by atoms with van der Waals surface area (Å²) in [6, 6.07) is 0. The third-order valence-electron chi connectivity index (χ3n) is 8.90. The summed E-state index contributed by atoms with van der Waals surface area (Å²) in [5.41, 5.74) is 0.103. The maximum atomic E-state index is 12.2. The molecule has 4 aliphatic rings. The standard InChI is InChI=1S/C21H32O3/c1-12(22)16-6-7-17-15-5-4-13-10-14(23)8-9-20(13,2)19(15)18(24)11-21(16,17)3/h13,15-19,24H,4-11H2,1-3H3/t13-,15+,16+,17+,18+,19+,20+,21-/m1/s1. The summed E-state index contributed by atoms with van der Waals surface area (Å²) in [7, 11) is 0. The van der Waals surface area contributed by atoms with Gasteiger partial charge < -0.3 is 5.11 Å². The van der Waals surface area contributed by atoms with Crippen molar-refractivity contribution >= 4 is 11.6 Å². The van der Waals surface area contributed by atoms with Crippen LogP contribution in [0.1, 0.15) is 72.1 Å². The molecule has 0 unspecified atom stereocenters. The van der Waals surface area contributed by atoms with Crippen LogP contribution in [0.15, 0.2) is 0 Å². The highest BCUT2D eigenvalue weighted by molar-refractivity contribution is 5.80. The monoisotopic (exact) mass is 332 g/mol. The average Bonchev–Trinajstić information content (AvgIpc) is 2.84.